The number of hydrogen-bond donors (Lipinski definition) is 0. The normalized spacial score (nSPS) is 16.2. The van der Waals surface area contributed by atoms with Gasteiger partial charge in [-0.1, -0.05) is 170 Å². The quantitative estimate of drug-likeness (QED) is 0.165. The molecule has 0 radical (unpaired) electrons. The Bertz CT molecular complexity index is 2820. The van der Waals surface area contributed by atoms with Crippen LogP contribution in [0.15, 0.2) is 188 Å². The summed E-state index contributed by atoms with van der Waals surface area (Å²) in [5, 5.41) is 2.33. The summed E-state index contributed by atoms with van der Waals surface area (Å²) in [6.45, 7) is 2.27. The van der Waals surface area contributed by atoms with Crippen LogP contribution in [-0.4, -0.2) is 19.5 Å². The number of aromatic nitrogens is 4. The van der Waals surface area contributed by atoms with Crippen molar-refractivity contribution in [2.45, 2.75) is 31.7 Å². The fraction of sp³-hybridized carbons (Fsp3) is 0.0962. The van der Waals surface area contributed by atoms with E-state index in [4.69, 9.17) is 15.0 Å². The molecule has 2 aliphatic rings. The van der Waals surface area contributed by atoms with Crippen LogP contribution in [0.5, 0.6) is 0 Å². The van der Waals surface area contributed by atoms with Gasteiger partial charge >= 0.3 is 0 Å². The Morgan fingerprint density at radius 1 is 0.482 bits per heavy atom. The fourth-order valence-electron chi connectivity index (χ4n) is 8.62. The first-order valence-corrected chi connectivity index (χ1v) is 19.5. The molecule has 8 aromatic rings. The molecule has 4 heteroatoms. The predicted molar refractivity (Wildman–Crippen MR) is 232 cm³/mol. The second-order valence-corrected chi connectivity index (χ2v) is 14.7. The Morgan fingerprint density at radius 2 is 1.11 bits per heavy atom. The van der Waals surface area contributed by atoms with Gasteiger partial charge in [0.15, 0.2) is 17.5 Å². The van der Waals surface area contributed by atoms with Gasteiger partial charge in [-0.05, 0) is 71.3 Å². The van der Waals surface area contributed by atoms with Crippen LogP contribution in [0, 0.1) is 6.92 Å². The van der Waals surface area contributed by atoms with Gasteiger partial charge in [0.2, 0.25) is 0 Å². The highest BCUT2D eigenvalue weighted by molar-refractivity contribution is 6.15. The van der Waals surface area contributed by atoms with Gasteiger partial charge in [0.1, 0.15) is 0 Å². The topological polar surface area (TPSA) is 43.6 Å². The van der Waals surface area contributed by atoms with Gasteiger partial charge in [-0.3, -0.25) is 0 Å². The number of nitrogens with zero attached hydrogens (tertiary/aromatic N) is 4. The Balaban J connectivity index is 1.19. The Morgan fingerprint density at radius 3 is 1.82 bits per heavy atom. The van der Waals surface area contributed by atoms with Gasteiger partial charge in [-0.2, -0.15) is 0 Å². The van der Waals surface area contributed by atoms with E-state index in [1.807, 2.05) is 36.4 Å². The summed E-state index contributed by atoms with van der Waals surface area (Å²) >= 11 is 0. The lowest BCUT2D eigenvalue weighted by Crippen LogP contribution is -2.06. The van der Waals surface area contributed by atoms with Crippen LogP contribution in [0.25, 0.3) is 78.2 Å². The van der Waals surface area contributed by atoms with E-state index in [1.165, 1.54) is 44.3 Å². The number of allylic oxidation sites excluding steroid dienone is 8. The van der Waals surface area contributed by atoms with Crippen molar-refractivity contribution in [2.24, 2.45) is 0 Å². The van der Waals surface area contributed by atoms with Crippen molar-refractivity contribution < 1.29 is 0 Å². The number of hydrogen-bond acceptors (Lipinski definition) is 3. The zero-order valence-corrected chi connectivity index (χ0v) is 31.3. The molecule has 2 unspecified atom stereocenters. The Labute approximate surface area is 327 Å². The van der Waals surface area contributed by atoms with E-state index in [9.17, 15) is 0 Å². The predicted octanol–water partition coefficient (Wildman–Crippen LogP) is 13.3. The maximum Gasteiger partial charge on any atom is 0.164 e. The van der Waals surface area contributed by atoms with Crippen LogP contribution in [0.3, 0.4) is 0 Å². The molecule has 0 bridgehead atoms. The highest BCUT2D eigenvalue weighted by Gasteiger charge is 2.23. The van der Waals surface area contributed by atoms with Gasteiger partial charge in [-0.15, -0.1) is 0 Å². The zero-order valence-electron chi connectivity index (χ0n) is 31.3. The van der Waals surface area contributed by atoms with Crippen molar-refractivity contribution in [1.29, 1.82) is 0 Å². The molecule has 0 saturated carbocycles. The molecule has 0 N–H and O–H groups in total. The van der Waals surface area contributed by atoms with E-state index in [-0.39, 0.29) is 6.04 Å². The van der Waals surface area contributed by atoms with E-state index in [2.05, 4.69) is 163 Å². The smallest absolute Gasteiger partial charge is 0.164 e. The summed E-state index contributed by atoms with van der Waals surface area (Å²) in [5.41, 5.74) is 12.9. The van der Waals surface area contributed by atoms with Gasteiger partial charge in [0.05, 0.1) is 11.6 Å². The molecule has 2 aromatic heterocycles. The maximum atomic E-state index is 5.20. The van der Waals surface area contributed by atoms with Gasteiger partial charge in [0, 0.05) is 38.9 Å². The van der Waals surface area contributed by atoms with Crippen molar-refractivity contribution in [3.63, 3.8) is 0 Å². The molecule has 56 heavy (non-hydrogen) atoms. The second kappa shape index (κ2) is 14.4. The molecule has 0 spiro atoms. The molecule has 2 aliphatic carbocycles. The SMILES string of the molecule is Cc1c(-c2ccc3c(c2)c2c(-c4nc(-c5ccccc5)nc(-c5ccccc5)n4)cccc2n3C2C=CC=CC2)cccc1-c1ccccc1C1C=CC=CC1. The number of rotatable bonds is 7. The molecule has 268 valence electrons. The minimum absolute atomic E-state index is 0.185. The van der Waals surface area contributed by atoms with Crippen LogP contribution in [-0.2, 0) is 0 Å². The molecule has 2 atom stereocenters. The van der Waals surface area contributed by atoms with E-state index >= 15 is 0 Å². The van der Waals surface area contributed by atoms with E-state index < -0.39 is 0 Å². The molecule has 4 nitrogen and oxygen atoms in total. The molecular weight excluding hydrogens is 681 g/mol. The molecule has 0 aliphatic heterocycles. The minimum Gasteiger partial charge on any atom is -0.333 e. The van der Waals surface area contributed by atoms with Crippen LogP contribution in [0.2, 0.25) is 0 Å². The van der Waals surface area contributed by atoms with Crippen LogP contribution >= 0.6 is 0 Å². The van der Waals surface area contributed by atoms with Crippen molar-refractivity contribution in [3.05, 3.63) is 199 Å². The van der Waals surface area contributed by atoms with Gasteiger partial charge in [0.25, 0.3) is 0 Å². The summed E-state index contributed by atoms with van der Waals surface area (Å²) in [5.74, 6) is 2.34. The highest BCUT2D eigenvalue weighted by atomic mass is 15.0. The molecule has 0 fully saturated rings. The van der Waals surface area contributed by atoms with Gasteiger partial charge in [-0.25, -0.2) is 15.0 Å². The monoisotopic (exact) mass is 720 g/mol. The maximum absolute atomic E-state index is 5.20. The summed E-state index contributed by atoms with van der Waals surface area (Å²) < 4.78 is 2.50. The summed E-state index contributed by atoms with van der Waals surface area (Å²) in [6.07, 6.45) is 19.7. The number of fused-ring (bicyclic) bond motifs is 3. The van der Waals surface area contributed by atoms with Crippen LogP contribution in [0.1, 0.15) is 35.9 Å². The van der Waals surface area contributed by atoms with E-state index in [1.54, 1.807) is 0 Å². The zero-order chi connectivity index (χ0) is 37.4. The first kappa shape index (κ1) is 33.6. The minimum atomic E-state index is 0.185. The molecule has 6 aromatic carbocycles. The van der Waals surface area contributed by atoms with Crippen molar-refractivity contribution >= 4 is 21.8 Å². The third-order valence-corrected chi connectivity index (χ3v) is 11.3. The average molecular weight is 721 g/mol. The Kier molecular flexibility index (Phi) is 8.64. The first-order chi connectivity index (χ1) is 27.7. The molecule has 10 rings (SSSR count). The summed E-state index contributed by atoms with van der Waals surface area (Å²) in [4.78, 5) is 15.4. The molecule has 2 heterocycles. The van der Waals surface area contributed by atoms with Crippen LogP contribution in [0.4, 0.5) is 0 Å². The summed E-state index contributed by atoms with van der Waals surface area (Å²) in [7, 11) is 0. The van der Waals surface area contributed by atoms with E-state index in [0.29, 0.717) is 23.4 Å². The third kappa shape index (κ3) is 6.00. The number of benzene rings is 6. The summed E-state index contributed by atoms with van der Waals surface area (Å²) in [6, 6.07) is 49.8. The largest absolute Gasteiger partial charge is 0.333 e. The van der Waals surface area contributed by atoms with Crippen molar-refractivity contribution in [2.75, 3.05) is 0 Å². The van der Waals surface area contributed by atoms with E-state index in [0.717, 1.165) is 40.4 Å². The molecule has 0 saturated heterocycles. The molecular formula is C52H40N4. The lowest BCUT2D eigenvalue weighted by Gasteiger charge is -2.20. The first-order valence-electron chi connectivity index (χ1n) is 19.5. The standard InChI is InChI=1S/C52H40N4/c1-35-41(28-16-29-42(35)44-27-15-14-26-43(44)36-18-6-2-7-19-36)39-32-33-47-46(34-39)49-45(30-17-31-48(49)56(47)40-24-12-5-13-25-40)52-54-50(37-20-8-3-9-21-37)53-51(55-52)38-22-10-4-11-23-38/h2-18,20-24,26-34,36,40H,19,25H2,1H3. The third-order valence-electron chi connectivity index (χ3n) is 11.3. The highest BCUT2D eigenvalue weighted by Crippen LogP contribution is 2.43. The van der Waals surface area contributed by atoms with Crippen LogP contribution < -0.4 is 0 Å². The van der Waals surface area contributed by atoms with Crippen molar-refractivity contribution in [3.8, 4) is 56.4 Å². The Hall–Kier alpha value is -6.91. The lowest BCUT2D eigenvalue weighted by molar-refractivity contribution is 0.648. The van der Waals surface area contributed by atoms with Crippen molar-refractivity contribution in [1.82, 2.24) is 19.5 Å². The fourth-order valence-corrected chi connectivity index (χ4v) is 8.62. The molecule has 0 amide bonds. The average Bonchev–Trinajstić information content (AvgIpc) is 3.61. The van der Waals surface area contributed by atoms with Gasteiger partial charge < -0.3 is 4.57 Å². The second-order valence-electron chi connectivity index (χ2n) is 14.7. The lowest BCUT2D eigenvalue weighted by atomic mass is 9.84.